The van der Waals surface area contributed by atoms with Crippen molar-refractivity contribution in [3.05, 3.63) is 83.1 Å². The van der Waals surface area contributed by atoms with Gasteiger partial charge in [-0.25, -0.2) is 0 Å². The second-order valence-electron chi connectivity index (χ2n) is 6.85. The van der Waals surface area contributed by atoms with Crippen LogP contribution in [0.25, 0.3) is 11.6 Å². The third-order valence-electron chi connectivity index (χ3n) is 4.56. The van der Waals surface area contributed by atoms with Crippen molar-refractivity contribution < 1.29 is 22.4 Å². The molecule has 6 nitrogen and oxygen atoms in total. The number of benzene rings is 2. The topological polar surface area (TPSA) is 73.0 Å². The van der Waals surface area contributed by atoms with E-state index in [9.17, 15) is 18.0 Å². The molecule has 0 spiro atoms. The van der Waals surface area contributed by atoms with Crippen molar-refractivity contribution >= 4 is 35.0 Å². The van der Waals surface area contributed by atoms with Crippen molar-refractivity contribution in [1.82, 2.24) is 14.8 Å². The number of furan rings is 1. The highest BCUT2D eigenvalue weighted by Crippen LogP contribution is 2.38. The highest BCUT2D eigenvalue weighted by atomic mass is 35.5. The van der Waals surface area contributed by atoms with E-state index >= 15 is 0 Å². The van der Waals surface area contributed by atoms with Crippen LogP contribution in [0, 0.1) is 0 Å². The van der Waals surface area contributed by atoms with Crippen molar-refractivity contribution in [3.63, 3.8) is 0 Å². The number of anilines is 1. The minimum absolute atomic E-state index is 0.199. The summed E-state index contributed by atoms with van der Waals surface area (Å²) in [7, 11) is 0. The van der Waals surface area contributed by atoms with Crippen molar-refractivity contribution in [2.75, 3.05) is 11.1 Å². The SMILES string of the molecule is O=C(CSc1nnc(-c2ccco2)n1Cc1ccccc1)Nc1c(Cl)cccc1C(F)(F)F. The van der Waals surface area contributed by atoms with Crippen LogP contribution in [0.2, 0.25) is 5.02 Å². The molecule has 0 radical (unpaired) electrons. The molecule has 0 saturated heterocycles. The summed E-state index contributed by atoms with van der Waals surface area (Å²) in [6.45, 7) is 0.413. The molecule has 0 bridgehead atoms. The van der Waals surface area contributed by atoms with Gasteiger partial charge in [0, 0.05) is 0 Å². The Hall–Kier alpha value is -3.24. The van der Waals surface area contributed by atoms with E-state index in [4.69, 9.17) is 16.0 Å². The molecular formula is C22H16ClF3N4O2S. The van der Waals surface area contributed by atoms with Crippen molar-refractivity contribution in [2.24, 2.45) is 0 Å². The normalized spacial score (nSPS) is 11.5. The summed E-state index contributed by atoms with van der Waals surface area (Å²) in [5.41, 5.74) is -0.512. The lowest BCUT2D eigenvalue weighted by Crippen LogP contribution is -2.19. The molecule has 1 amide bonds. The van der Waals surface area contributed by atoms with Gasteiger partial charge in [0.15, 0.2) is 10.9 Å². The molecule has 11 heteroatoms. The maximum atomic E-state index is 13.3. The van der Waals surface area contributed by atoms with Crippen molar-refractivity contribution in [1.29, 1.82) is 0 Å². The quantitative estimate of drug-likeness (QED) is 0.321. The largest absolute Gasteiger partial charge is 0.461 e. The molecule has 170 valence electrons. The maximum absolute atomic E-state index is 13.3. The molecular weight excluding hydrogens is 477 g/mol. The average Bonchev–Trinajstić information content (AvgIpc) is 3.44. The van der Waals surface area contributed by atoms with Crippen LogP contribution < -0.4 is 5.32 Å². The number of carbonyl (C=O) groups excluding carboxylic acids is 1. The van der Waals surface area contributed by atoms with Gasteiger partial charge in [0.1, 0.15) is 0 Å². The van der Waals surface area contributed by atoms with Gasteiger partial charge in [0.05, 0.1) is 34.8 Å². The van der Waals surface area contributed by atoms with E-state index in [1.54, 1.807) is 16.7 Å². The van der Waals surface area contributed by atoms with Gasteiger partial charge in [-0.3, -0.25) is 9.36 Å². The van der Waals surface area contributed by atoms with E-state index in [-0.39, 0.29) is 10.8 Å². The van der Waals surface area contributed by atoms with Gasteiger partial charge in [-0.05, 0) is 29.8 Å². The first-order valence-corrected chi connectivity index (χ1v) is 11.0. The highest BCUT2D eigenvalue weighted by Gasteiger charge is 2.34. The second-order valence-corrected chi connectivity index (χ2v) is 8.20. The molecule has 4 aromatic rings. The molecule has 0 aliphatic heterocycles. The average molecular weight is 493 g/mol. The zero-order valence-corrected chi connectivity index (χ0v) is 18.4. The van der Waals surface area contributed by atoms with E-state index in [0.717, 1.165) is 23.4 Å². The monoisotopic (exact) mass is 492 g/mol. The summed E-state index contributed by atoms with van der Waals surface area (Å²) in [5.74, 6) is 0.110. The first-order valence-electron chi connectivity index (χ1n) is 9.62. The Bertz CT molecular complexity index is 1240. The van der Waals surface area contributed by atoms with Crippen LogP contribution in [0.3, 0.4) is 0 Å². The molecule has 0 fully saturated rings. The molecule has 0 unspecified atom stereocenters. The number of halogens is 4. The van der Waals surface area contributed by atoms with Crippen molar-refractivity contribution in [2.45, 2.75) is 17.9 Å². The molecule has 0 aliphatic carbocycles. The molecule has 2 aromatic heterocycles. The van der Waals surface area contributed by atoms with E-state index in [0.29, 0.717) is 23.3 Å². The third kappa shape index (κ3) is 5.40. The number of amides is 1. The number of hydrogen-bond donors (Lipinski definition) is 1. The molecule has 2 aromatic carbocycles. The smallest absolute Gasteiger partial charge is 0.418 e. The minimum atomic E-state index is -4.66. The Morgan fingerprint density at radius 2 is 1.85 bits per heavy atom. The number of hydrogen-bond acceptors (Lipinski definition) is 5. The van der Waals surface area contributed by atoms with Crippen LogP contribution in [0.5, 0.6) is 0 Å². The van der Waals surface area contributed by atoms with Crippen LogP contribution in [0.15, 0.2) is 76.5 Å². The molecule has 2 heterocycles. The number of thioether (sulfide) groups is 1. The molecule has 0 saturated carbocycles. The minimum Gasteiger partial charge on any atom is -0.461 e. The van der Waals surface area contributed by atoms with Crippen LogP contribution in [0.1, 0.15) is 11.1 Å². The Morgan fingerprint density at radius 1 is 1.06 bits per heavy atom. The summed E-state index contributed by atoms with van der Waals surface area (Å²) < 4.78 is 47.1. The number of alkyl halides is 3. The zero-order chi connectivity index (χ0) is 23.4. The van der Waals surface area contributed by atoms with Gasteiger partial charge in [0.2, 0.25) is 11.7 Å². The van der Waals surface area contributed by atoms with Crippen molar-refractivity contribution in [3.8, 4) is 11.6 Å². The van der Waals surface area contributed by atoms with Crippen LogP contribution in [0.4, 0.5) is 18.9 Å². The number of carbonyl (C=O) groups is 1. The third-order valence-corrected chi connectivity index (χ3v) is 5.84. The zero-order valence-electron chi connectivity index (χ0n) is 16.8. The van der Waals surface area contributed by atoms with Gasteiger partial charge in [0.25, 0.3) is 0 Å². The standard InChI is InChI=1S/C22H16ClF3N4O2S/c23-16-9-4-8-15(22(24,25)26)19(16)27-18(31)13-33-21-29-28-20(17-10-5-11-32-17)30(21)12-14-6-2-1-3-7-14/h1-11H,12-13H2,(H,27,31). The number of para-hydroxylation sites is 1. The number of rotatable bonds is 7. The van der Waals surface area contributed by atoms with Crippen LogP contribution in [-0.2, 0) is 17.5 Å². The Labute approximate surface area is 195 Å². The van der Waals surface area contributed by atoms with Crippen LogP contribution >= 0.6 is 23.4 Å². The molecule has 1 N–H and O–H groups in total. The number of aromatic nitrogens is 3. The van der Waals surface area contributed by atoms with E-state index in [1.807, 2.05) is 30.3 Å². The molecule has 33 heavy (non-hydrogen) atoms. The summed E-state index contributed by atoms with van der Waals surface area (Å²) in [6, 6.07) is 16.3. The molecule has 4 rings (SSSR count). The first kappa shape index (κ1) is 22.9. The van der Waals surface area contributed by atoms with Gasteiger partial charge >= 0.3 is 6.18 Å². The Morgan fingerprint density at radius 3 is 2.55 bits per heavy atom. The van der Waals surface area contributed by atoms with E-state index in [1.165, 1.54) is 18.4 Å². The van der Waals surface area contributed by atoms with Gasteiger partial charge < -0.3 is 9.73 Å². The fraction of sp³-hybridized carbons (Fsp3) is 0.136. The summed E-state index contributed by atoms with van der Waals surface area (Å²) in [6.07, 6.45) is -3.15. The fourth-order valence-corrected chi connectivity index (χ4v) is 4.04. The predicted octanol–water partition coefficient (Wildman–Crippen LogP) is 5.99. The number of nitrogens with zero attached hydrogens (tertiary/aromatic N) is 3. The molecule has 0 aliphatic rings. The Balaban J connectivity index is 1.54. The lowest BCUT2D eigenvalue weighted by molar-refractivity contribution is -0.137. The lowest BCUT2D eigenvalue weighted by atomic mass is 10.1. The Kier molecular flexibility index (Phi) is 6.75. The lowest BCUT2D eigenvalue weighted by Gasteiger charge is -2.15. The predicted molar refractivity (Wildman–Crippen MR) is 119 cm³/mol. The summed E-state index contributed by atoms with van der Waals surface area (Å²) in [4.78, 5) is 12.5. The number of nitrogens with one attached hydrogen (secondary N) is 1. The fourth-order valence-electron chi connectivity index (χ4n) is 3.09. The van der Waals surface area contributed by atoms with Gasteiger partial charge in [-0.1, -0.05) is 59.8 Å². The maximum Gasteiger partial charge on any atom is 0.418 e. The molecule has 0 atom stereocenters. The van der Waals surface area contributed by atoms with E-state index < -0.39 is 23.3 Å². The highest BCUT2D eigenvalue weighted by molar-refractivity contribution is 7.99. The summed E-state index contributed by atoms with van der Waals surface area (Å²) >= 11 is 6.96. The first-order chi connectivity index (χ1) is 15.8. The second kappa shape index (κ2) is 9.72. The van der Waals surface area contributed by atoms with Crippen LogP contribution in [-0.4, -0.2) is 26.4 Å². The van der Waals surface area contributed by atoms with Gasteiger partial charge in [-0.2, -0.15) is 13.2 Å². The summed E-state index contributed by atoms with van der Waals surface area (Å²) in [5, 5.41) is 10.8. The van der Waals surface area contributed by atoms with E-state index in [2.05, 4.69) is 15.5 Å². The van der Waals surface area contributed by atoms with Gasteiger partial charge in [-0.15, -0.1) is 10.2 Å².